The third kappa shape index (κ3) is 4.66. The second kappa shape index (κ2) is 8.70. The SMILES string of the molecule is Cc1ccc(C[n+]2cc(-c3ccccc3)n(Cc3ccccc3)c2)cc1.[Cl-]. The van der Waals surface area contributed by atoms with Gasteiger partial charge in [-0.15, -0.1) is 0 Å². The van der Waals surface area contributed by atoms with E-state index in [0.717, 1.165) is 13.1 Å². The van der Waals surface area contributed by atoms with Crippen molar-refractivity contribution in [3.8, 4) is 11.3 Å². The minimum atomic E-state index is 0. The molecule has 3 aromatic carbocycles. The summed E-state index contributed by atoms with van der Waals surface area (Å²) in [6.45, 7) is 3.87. The molecule has 0 fully saturated rings. The lowest BCUT2D eigenvalue weighted by molar-refractivity contribution is -0.687. The monoisotopic (exact) mass is 374 g/mol. The highest BCUT2D eigenvalue weighted by atomic mass is 35.5. The minimum Gasteiger partial charge on any atom is -1.00 e. The first-order valence-corrected chi connectivity index (χ1v) is 9.02. The lowest BCUT2D eigenvalue weighted by atomic mass is 10.1. The van der Waals surface area contributed by atoms with Crippen LogP contribution in [-0.2, 0) is 13.1 Å². The van der Waals surface area contributed by atoms with Crippen LogP contribution >= 0.6 is 0 Å². The Bertz CT molecular complexity index is 974. The molecule has 0 saturated heterocycles. The second-order valence-electron chi connectivity index (χ2n) is 6.77. The largest absolute Gasteiger partial charge is 1.00 e. The summed E-state index contributed by atoms with van der Waals surface area (Å²) < 4.78 is 4.61. The zero-order chi connectivity index (χ0) is 17.8. The molecule has 4 rings (SSSR count). The van der Waals surface area contributed by atoms with E-state index in [0.29, 0.717) is 0 Å². The van der Waals surface area contributed by atoms with Crippen molar-refractivity contribution in [2.24, 2.45) is 0 Å². The van der Waals surface area contributed by atoms with E-state index in [9.17, 15) is 0 Å². The van der Waals surface area contributed by atoms with Crippen molar-refractivity contribution in [3.05, 3.63) is 114 Å². The first-order chi connectivity index (χ1) is 12.8. The van der Waals surface area contributed by atoms with E-state index in [1.54, 1.807) is 0 Å². The third-order valence-corrected chi connectivity index (χ3v) is 4.64. The van der Waals surface area contributed by atoms with E-state index in [1.807, 2.05) is 0 Å². The predicted octanol–water partition coefficient (Wildman–Crippen LogP) is 1.85. The number of aryl methyl sites for hydroxylation is 1. The Balaban J connectivity index is 0.00000210. The van der Waals surface area contributed by atoms with Gasteiger partial charge < -0.3 is 12.4 Å². The maximum atomic E-state index is 2.33. The number of benzene rings is 3. The van der Waals surface area contributed by atoms with Gasteiger partial charge >= 0.3 is 0 Å². The molecule has 0 atom stereocenters. The van der Waals surface area contributed by atoms with Crippen LogP contribution in [-0.4, -0.2) is 4.57 Å². The quantitative estimate of drug-likeness (QED) is 0.471. The van der Waals surface area contributed by atoms with E-state index in [4.69, 9.17) is 0 Å². The predicted molar refractivity (Wildman–Crippen MR) is 106 cm³/mol. The van der Waals surface area contributed by atoms with Crippen LogP contribution in [0.2, 0.25) is 0 Å². The molecule has 0 bridgehead atoms. The number of rotatable bonds is 5. The van der Waals surface area contributed by atoms with Crippen molar-refractivity contribution >= 4 is 0 Å². The fraction of sp³-hybridized carbons (Fsp3) is 0.125. The molecule has 0 spiro atoms. The molecule has 0 radical (unpaired) electrons. The highest BCUT2D eigenvalue weighted by molar-refractivity contribution is 5.58. The van der Waals surface area contributed by atoms with Gasteiger partial charge in [0.05, 0.1) is 0 Å². The van der Waals surface area contributed by atoms with Crippen molar-refractivity contribution in [3.63, 3.8) is 0 Å². The average Bonchev–Trinajstić information content (AvgIpc) is 3.07. The van der Waals surface area contributed by atoms with E-state index in [1.165, 1.54) is 27.9 Å². The van der Waals surface area contributed by atoms with Crippen LogP contribution in [0.3, 0.4) is 0 Å². The molecule has 0 saturated carbocycles. The average molecular weight is 375 g/mol. The number of imidazole rings is 1. The summed E-state index contributed by atoms with van der Waals surface area (Å²) in [5, 5.41) is 0. The van der Waals surface area contributed by atoms with Gasteiger partial charge in [0.1, 0.15) is 19.3 Å². The molecule has 0 aliphatic carbocycles. The third-order valence-electron chi connectivity index (χ3n) is 4.64. The molecule has 1 heterocycles. The van der Waals surface area contributed by atoms with E-state index >= 15 is 0 Å². The molecule has 4 aromatic rings. The zero-order valence-electron chi connectivity index (χ0n) is 15.4. The molecule has 3 heteroatoms. The first kappa shape index (κ1) is 18.9. The summed E-state index contributed by atoms with van der Waals surface area (Å²) in [5.74, 6) is 0. The van der Waals surface area contributed by atoms with Gasteiger partial charge in [-0.05, 0) is 18.1 Å². The Hall–Kier alpha value is -2.84. The number of hydrogen-bond acceptors (Lipinski definition) is 0. The molecule has 136 valence electrons. The Labute approximate surface area is 167 Å². The fourth-order valence-corrected chi connectivity index (χ4v) is 3.25. The Morgan fingerprint density at radius 1 is 0.741 bits per heavy atom. The van der Waals surface area contributed by atoms with Crippen molar-refractivity contribution < 1.29 is 17.0 Å². The minimum absolute atomic E-state index is 0. The Morgan fingerprint density at radius 2 is 1.37 bits per heavy atom. The summed E-state index contributed by atoms with van der Waals surface area (Å²) in [5.41, 5.74) is 6.40. The Morgan fingerprint density at radius 3 is 2.04 bits per heavy atom. The van der Waals surface area contributed by atoms with Crippen LogP contribution in [0.1, 0.15) is 16.7 Å². The smallest absolute Gasteiger partial charge is 0.244 e. The standard InChI is InChI=1S/C24H23N2.ClH/c1-20-12-14-22(15-13-20)16-25-18-24(23-10-6-3-7-11-23)26(19-25)17-21-8-4-2-5-9-21;/h2-15,18-19H,16-17H2,1H3;1H/q+1;/p-1. The molecular weight excluding hydrogens is 352 g/mol. The van der Waals surface area contributed by atoms with Gasteiger partial charge in [0.2, 0.25) is 6.33 Å². The summed E-state index contributed by atoms with van der Waals surface area (Å²) in [6, 6.07) is 30.0. The van der Waals surface area contributed by atoms with Gasteiger partial charge in [-0.1, -0.05) is 90.5 Å². The van der Waals surface area contributed by atoms with Crippen molar-refractivity contribution in [2.45, 2.75) is 20.0 Å². The first-order valence-electron chi connectivity index (χ1n) is 9.02. The van der Waals surface area contributed by atoms with Gasteiger partial charge in [-0.25, -0.2) is 9.13 Å². The number of nitrogens with zero attached hydrogens (tertiary/aromatic N) is 2. The van der Waals surface area contributed by atoms with Gasteiger partial charge in [-0.3, -0.25) is 0 Å². The lowest BCUT2D eigenvalue weighted by Gasteiger charge is -2.02. The molecule has 0 aliphatic rings. The summed E-state index contributed by atoms with van der Waals surface area (Å²) in [4.78, 5) is 0. The lowest BCUT2D eigenvalue weighted by Crippen LogP contribution is -3.00. The second-order valence-corrected chi connectivity index (χ2v) is 6.77. The molecule has 0 unspecified atom stereocenters. The molecule has 0 N–H and O–H groups in total. The van der Waals surface area contributed by atoms with Crippen molar-refractivity contribution in [1.82, 2.24) is 4.57 Å². The van der Waals surface area contributed by atoms with E-state index in [-0.39, 0.29) is 12.4 Å². The van der Waals surface area contributed by atoms with Crippen molar-refractivity contribution in [2.75, 3.05) is 0 Å². The summed E-state index contributed by atoms with van der Waals surface area (Å²) in [7, 11) is 0. The molecule has 1 aromatic heterocycles. The van der Waals surface area contributed by atoms with Crippen LogP contribution in [0, 0.1) is 6.92 Å². The van der Waals surface area contributed by atoms with Crippen LogP contribution < -0.4 is 17.0 Å². The van der Waals surface area contributed by atoms with Gasteiger partial charge in [-0.2, -0.15) is 0 Å². The molecule has 27 heavy (non-hydrogen) atoms. The molecule has 0 aliphatic heterocycles. The number of hydrogen-bond donors (Lipinski definition) is 0. The molecular formula is C24H23ClN2. The number of halogens is 1. The summed E-state index contributed by atoms with van der Waals surface area (Å²) in [6.07, 6.45) is 4.47. The maximum Gasteiger partial charge on any atom is 0.244 e. The maximum absolute atomic E-state index is 2.33. The van der Waals surface area contributed by atoms with Gasteiger partial charge in [0, 0.05) is 5.56 Å². The fourth-order valence-electron chi connectivity index (χ4n) is 3.25. The highest BCUT2D eigenvalue weighted by Crippen LogP contribution is 2.19. The van der Waals surface area contributed by atoms with Gasteiger partial charge in [0.15, 0.2) is 5.69 Å². The normalized spacial score (nSPS) is 10.4. The van der Waals surface area contributed by atoms with E-state index in [2.05, 4.69) is 114 Å². The van der Waals surface area contributed by atoms with Crippen LogP contribution in [0.15, 0.2) is 97.5 Å². The number of aromatic nitrogens is 2. The van der Waals surface area contributed by atoms with Crippen LogP contribution in [0.5, 0.6) is 0 Å². The highest BCUT2D eigenvalue weighted by Gasteiger charge is 2.16. The van der Waals surface area contributed by atoms with Crippen LogP contribution in [0.25, 0.3) is 11.3 Å². The topological polar surface area (TPSA) is 8.81 Å². The summed E-state index contributed by atoms with van der Waals surface area (Å²) >= 11 is 0. The molecule has 0 amide bonds. The van der Waals surface area contributed by atoms with E-state index < -0.39 is 0 Å². The van der Waals surface area contributed by atoms with Gasteiger partial charge in [0.25, 0.3) is 0 Å². The van der Waals surface area contributed by atoms with Crippen molar-refractivity contribution in [1.29, 1.82) is 0 Å². The Kier molecular flexibility index (Phi) is 6.10. The van der Waals surface area contributed by atoms with Crippen LogP contribution in [0.4, 0.5) is 0 Å². The molecule has 2 nitrogen and oxygen atoms in total. The zero-order valence-corrected chi connectivity index (χ0v) is 16.2.